The standard InChI is InChI=1S/C12H12FNO3/c1-2-5-12(16)17-8-11(15)14-10-7-4-3-6-9(10)13/h2-7H,8H2,1H3,(H,14,15)/b5-2+. The summed E-state index contributed by atoms with van der Waals surface area (Å²) >= 11 is 0. The van der Waals surface area contributed by atoms with Crippen molar-refractivity contribution in [1.82, 2.24) is 0 Å². The highest BCUT2D eigenvalue weighted by Gasteiger charge is 2.07. The minimum Gasteiger partial charge on any atom is -0.452 e. The number of amides is 1. The molecule has 4 nitrogen and oxygen atoms in total. The number of benzene rings is 1. The Kier molecular flexibility index (Phi) is 4.87. The van der Waals surface area contributed by atoms with Crippen molar-refractivity contribution in [3.05, 3.63) is 42.2 Å². The summed E-state index contributed by atoms with van der Waals surface area (Å²) in [5.41, 5.74) is 0.0552. The molecule has 0 aliphatic heterocycles. The number of carbonyl (C=O) groups is 2. The first-order chi connectivity index (χ1) is 8.13. The van der Waals surface area contributed by atoms with Gasteiger partial charge in [-0.1, -0.05) is 18.2 Å². The van der Waals surface area contributed by atoms with E-state index < -0.39 is 24.3 Å². The summed E-state index contributed by atoms with van der Waals surface area (Å²) in [4.78, 5) is 22.2. The van der Waals surface area contributed by atoms with Crippen LogP contribution in [0.4, 0.5) is 10.1 Å². The molecule has 1 aromatic carbocycles. The number of carbonyl (C=O) groups excluding carboxylic acids is 2. The topological polar surface area (TPSA) is 55.4 Å². The van der Waals surface area contributed by atoms with E-state index in [0.29, 0.717) is 0 Å². The molecule has 1 N–H and O–H groups in total. The van der Waals surface area contributed by atoms with Gasteiger partial charge in [-0.25, -0.2) is 9.18 Å². The Balaban J connectivity index is 2.45. The molecule has 0 heterocycles. The van der Waals surface area contributed by atoms with Crippen molar-refractivity contribution >= 4 is 17.6 Å². The fraction of sp³-hybridized carbons (Fsp3) is 0.167. The summed E-state index contributed by atoms with van der Waals surface area (Å²) in [5, 5.41) is 2.29. The maximum atomic E-state index is 13.1. The van der Waals surface area contributed by atoms with Gasteiger partial charge in [-0.05, 0) is 19.1 Å². The second-order valence-corrected chi connectivity index (χ2v) is 3.14. The van der Waals surface area contributed by atoms with Gasteiger partial charge in [0.05, 0.1) is 5.69 Å². The number of hydrogen-bond donors (Lipinski definition) is 1. The zero-order chi connectivity index (χ0) is 12.7. The van der Waals surface area contributed by atoms with E-state index in [1.807, 2.05) is 0 Å². The Hall–Kier alpha value is -2.17. The Labute approximate surface area is 98.1 Å². The minimum atomic E-state index is -0.615. The van der Waals surface area contributed by atoms with Gasteiger partial charge in [-0.15, -0.1) is 0 Å². The van der Waals surface area contributed by atoms with Crippen LogP contribution >= 0.6 is 0 Å². The third-order valence-electron chi connectivity index (χ3n) is 1.80. The molecule has 0 unspecified atom stereocenters. The summed E-state index contributed by atoms with van der Waals surface area (Å²) < 4.78 is 17.7. The van der Waals surface area contributed by atoms with Crippen LogP contribution < -0.4 is 5.32 Å². The minimum absolute atomic E-state index is 0.0552. The quantitative estimate of drug-likeness (QED) is 0.642. The second-order valence-electron chi connectivity index (χ2n) is 3.14. The number of halogens is 1. The number of hydrogen-bond acceptors (Lipinski definition) is 3. The van der Waals surface area contributed by atoms with Gasteiger partial charge in [0, 0.05) is 6.08 Å². The normalized spacial score (nSPS) is 10.2. The first-order valence-corrected chi connectivity index (χ1v) is 4.97. The van der Waals surface area contributed by atoms with E-state index in [2.05, 4.69) is 10.1 Å². The average molecular weight is 237 g/mol. The van der Waals surface area contributed by atoms with Crippen molar-refractivity contribution in [3.63, 3.8) is 0 Å². The fourth-order valence-corrected chi connectivity index (χ4v) is 1.07. The molecule has 0 saturated heterocycles. The maximum Gasteiger partial charge on any atom is 0.330 e. The Morgan fingerprint density at radius 1 is 1.41 bits per heavy atom. The molecule has 5 heteroatoms. The summed E-state index contributed by atoms with van der Waals surface area (Å²) in [6, 6.07) is 5.74. The third-order valence-corrected chi connectivity index (χ3v) is 1.80. The van der Waals surface area contributed by atoms with E-state index in [-0.39, 0.29) is 5.69 Å². The number of esters is 1. The van der Waals surface area contributed by atoms with Crippen LogP contribution in [0.2, 0.25) is 0 Å². The summed E-state index contributed by atoms with van der Waals surface area (Å²) in [6.07, 6.45) is 2.69. The van der Waals surface area contributed by atoms with Crippen molar-refractivity contribution in [2.75, 3.05) is 11.9 Å². The molecule has 1 aromatic rings. The molecular formula is C12H12FNO3. The monoisotopic (exact) mass is 237 g/mol. The predicted octanol–water partition coefficient (Wildman–Crippen LogP) is 1.88. The third kappa shape index (κ3) is 4.46. The average Bonchev–Trinajstić information content (AvgIpc) is 2.30. The molecule has 0 radical (unpaired) electrons. The number of anilines is 1. The molecule has 17 heavy (non-hydrogen) atoms. The van der Waals surface area contributed by atoms with Gasteiger partial charge in [0.1, 0.15) is 5.82 Å². The number of para-hydroxylation sites is 1. The van der Waals surface area contributed by atoms with Crippen molar-refractivity contribution in [3.8, 4) is 0 Å². The Morgan fingerprint density at radius 2 is 2.12 bits per heavy atom. The maximum absolute atomic E-state index is 13.1. The van der Waals surface area contributed by atoms with Gasteiger partial charge in [0.2, 0.25) is 0 Å². The van der Waals surface area contributed by atoms with E-state index in [9.17, 15) is 14.0 Å². The van der Waals surface area contributed by atoms with Crippen LogP contribution in [-0.4, -0.2) is 18.5 Å². The van der Waals surface area contributed by atoms with Crippen LogP contribution in [0.5, 0.6) is 0 Å². The zero-order valence-electron chi connectivity index (χ0n) is 9.27. The van der Waals surface area contributed by atoms with Crippen LogP contribution in [0.1, 0.15) is 6.92 Å². The number of ether oxygens (including phenoxy) is 1. The molecule has 0 atom stereocenters. The number of allylic oxidation sites excluding steroid dienone is 1. The summed E-state index contributed by atoms with van der Waals surface area (Å²) in [6.45, 7) is 1.21. The van der Waals surface area contributed by atoms with E-state index in [1.54, 1.807) is 13.0 Å². The lowest BCUT2D eigenvalue weighted by molar-refractivity contribution is -0.142. The lowest BCUT2D eigenvalue weighted by Crippen LogP contribution is -2.20. The number of rotatable bonds is 4. The molecule has 0 fully saturated rings. The Bertz CT molecular complexity index is 443. The highest BCUT2D eigenvalue weighted by Crippen LogP contribution is 2.11. The van der Waals surface area contributed by atoms with E-state index >= 15 is 0 Å². The smallest absolute Gasteiger partial charge is 0.330 e. The van der Waals surface area contributed by atoms with Crippen LogP contribution in [0.25, 0.3) is 0 Å². The van der Waals surface area contributed by atoms with Crippen molar-refractivity contribution in [2.24, 2.45) is 0 Å². The van der Waals surface area contributed by atoms with Gasteiger partial charge < -0.3 is 10.1 Å². The first kappa shape index (κ1) is 12.9. The van der Waals surface area contributed by atoms with Crippen molar-refractivity contribution < 1.29 is 18.7 Å². The van der Waals surface area contributed by atoms with Crippen LogP contribution in [0, 0.1) is 5.82 Å². The lowest BCUT2D eigenvalue weighted by Gasteiger charge is -2.05. The van der Waals surface area contributed by atoms with Gasteiger partial charge >= 0.3 is 5.97 Å². The Morgan fingerprint density at radius 3 is 2.76 bits per heavy atom. The van der Waals surface area contributed by atoms with Crippen molar-refractivity contribution in [2.45, 2.75) is 6.92 Å². The summed E-state index contributed by atoms with van der Waals surface area (Å²) in [7, 11) is 0. The van der Waals surface area contributed by atoms with Crippen molar-refractivity contribution in [1.29, 1.82) is 0 Å². The van der Waals surface area contributed by atoms with E-state index in [0.717, 1.165) is 0 Å². The molecule has 0 aliphatic carbocycles. The largest absolute Gasteiger partial charge is 0.452 e. The molecule has 90 valence electrons. The van der Waals surface area contributed by atoms with Crippen LogP contribution in [-0.2, 0) is 14.3 Å². The predicted molar refractivity (Wildman–Crippen MR) is 60.8 cm³/mol. The molecule has 0 saturated carbocycles. The van der Waals surface area contributed by atoms with E-state index in [1.165, 1.54) is 30.4 Å². The highest BCUT2D eigenvalue weighted by molar-refractivity contribution is 5.93. The van der Waals surface area contributed by atoms with Gasteiger partial charge in [-0.3, -0.25) is 4.79 Å². The molecule has 0 bridgehead atoms. The van der Waals surface area contributed by atoms with Crippen LogP contribution in [0.3, 0.4) is 0 Å². The lowest BCUT2D eigenvalue weighted by atomic mass is 10.3. The SMILES string of the molecule is C/C=C/C(=O)OCC(=O)Nc1ccccc1F. The fourth-order valence-electron chi connectivity index (χ4n) is 1.07. The van der Waals surface area contributed by atoms with E-state index in [4.69, 9.17) is 0 Å². The molecule has 1 amide bonds. The van der Waals surface area contributed by atoms with Gasteiger partial charge in [-0.2, -0.15) is 0 Å². The molecule has 0 aromatic heterocycles. The summed E-state index contributed by atoms with van der Waals surface area (Å²) in [5.74, 6) is -1.75. The zero-order valence-corrected chi connectivity index (χ0v) is 9.27. The van der Waals surface area contributed by atoms with Gasteiger partial charge in [0.25, 0.3) is 5.91 Å². The first-order valence-electron chi connectivity index (χ1n) is 4.97. The second kappa shape index (κ2) is 6.42. The molecule has 0 aliphatic rings. The van der Waals surface area contributed by atoms with Crippen LogP contribution in [0.15, 0.2) is 36.4 Å². The molecular weight excluding hydrogens is 225 g/mol. The van der Waals surface area contributed by atoms with Gasteiger partial charge in [0.15, 0.2) is 6.61 Å². The highest BCUT2D eigenvalue weighted by atomic mass is 19.1. The molecule has 1 rings (SSSR count). The molecule has 0 spiro atoms. The number of nitrogens with one attached hydrogen (secondary N) is 1.